The maximum Gasteiger partial charge on any atom is 0.268 e. The molecule has 0 bridgehead atoms. The molecule has 0 saturated carbocycles. The smallest absolute Gasteiger partial charge is 0.268 e. The van der Waals surface area contributed by atoms with Gasteiger partial charge in [-0.15, -0.1) is 11.3 Å². The van der Waals surface area contributed by atoms with E-state index in [1.807, 2.05) is 31.4 Å². The lowest BCUT2D eigenvalue weighted by atomic mass is 10.0. The van der Waals surface area contributed by atoms with E-state index >= 15 is 0 Å². The second-order valence-corrected chi connectivity index (χ2v) is 6.87. The fourth-order valence-electron chi connectivity index (χ4n) is 2.75. The molecule has 2 aromatic heterocycles. The van der Waals surface area contributed by atoms with Gasteiger partial charge in [0.25, 0.3) is 5.91 Å². The Kier molecular flexibility index (Phi) is 4.86. The third kappa shape index (κ3) is 3.14. The first-order chi connectivity index (χ1) is 10.3. The SMILES string of the molecule is CC(=O)c1c(C)[nH]c(C(=O)NC(c2cccs2)C(C)C)c1C. The summed E-state index contributed by atoms with van der Waals surface area (Å²) in [5.41, 5.74) is 2.55. The molecule has 2 rings (SSSR count). The van der Waals surface area contributed by atoms with Gasteiger partial charge in [0.1, 0.15) is 5.69 Å². The number of carbonyl (C=O) groups excluding carboxylic acids is 2. The topological polar surface area (TPSA) is 62.0 Å². The summed E-state index contributed by atoms with van der Waals surface area (Å²) in [5.74, 6) is 0.0930. The second kappa shape index (κ2) is 6.48. The van der Waals surface area contributed by atoms with Gasteiger partial charge < -0.3 is 10.3 Å². The van der Waals surface area contributed by atoms with Crippen LogP contribution in [0, 0.1) is 19.8 Å². The van der Waals surface area contributed by atoms with E-state index in [-0.39, 0.29) is 23.7 Å². The normalized spacial score (nSPS) is 12.5. The van der Waals surface area contributed by atoms with Crippen LogP contribution in [0.4, 0.5) is 0 Å². The number of aromatic nitrogens is 1. The van der Waals surface area contributed by atoms with Crippen molar-refractivity contribution in [2.45, 2.75) is 40.7 Å². The van der Waals surface area contributed by atoms with Crippen molar-refractivity contribution < 1.29 is 9.59 Å². The van der Waals surface area contributed by atoms with Gasteiger partial charge >= 0.3 is 0 Å². The number of ketones is 1. The van der Waals surface area contributed by atoms with Gasteiger partial charge in [-0.3, -0.25) is 9.59 Å². The Balaban J connectivity index is 2.29. The highest BCUT2D eigenvalue weighted by atomic mass is 32.1. The predicted octanol–water partition coefficient (Wildman–Crippen LogP) is 4.02. The maximum absolute atomic E-state index is 12.6. The molecule has 1 unspecified atom stereocenters. The molecule has 1 amide bonds. The third-order valence-corrected chi connectivity index (χ3v) is 4.77. The van der Waals surface area contributed by atoms with Crippen LogP contribution in [0.2, 0.25) is 0 Å². The Hall–Kier alpha value is -1.88. The minimum absolute atomic E-state index is 0.0241. The number of nitrogens with one attached hydrogen (secondary N) is 2. The number of hydrogen-bond acceptors (Lipinski definition) is 3. The summed E-state index contributed by atoms with van der Waals surface area (Å²) in [6, 6.07) is 3.99. The summed E-state index contributed by atoms with van der Waals surface area (Å²) in [6.07, 6.45) is 0. The molecule has 2 aromatic rings. The van der Waals surface area contributed by atoms with Crippen LogP contribution in [-0.4, -0.2) is 16.7 Å². The minimum atomic E-state index is -0.166. The average Bonchev–Trinajstić information content (AvgIpc) is 3.03. The van der Waals surface area contributed by atoms with Crippen LogP contribution in [0.1, 0.15) is 63.8 Å². The fourth-order valence-corrected chi connectivity index (χ4v) is 3.70. The van der Waals surface area contributed by atoms with Crippen molar-refractivity contribution in [3.05, 3.63) is 44.9 Å². The van der Waals surface area contributed by atoms with E-state index in [0.29, 0.717) is 11.3 Å². The molecule has 0 fully saturated rings. The maximum atomic E-state index is 12.6. The molecular weight excluding hydrogens is 296 g/mol. The predicted molar refractivity (Wildman–Crippen MR) is 89.6 cm³/mol. The number of hydrogen-bond donors (Lipinski definition) is 2. The first kappa shape index (κ1) is 16.5. The van der Waals surface area contributed by atoms with E-state index in [0.717, 1.165) is 16.1 Å². The molecule has 0 saturated heterocycles. The molecule has 5 heteroatoms. The Bertz CT molecular complexity index is 684. The van der Waals surface area contributed by atoms with Crippen LogP contribution in [0.3, 0.4) is 0 Å². The molecule has 0 aromatic carbocycles. The van der Waals surface area contributed by atoms with Gasteiger partial charge in [-0.1, -0.05) is 19.9 Å². The lowest BCUT2D eigenvalue weighted by molar-refractivity contribution is 0.0921. The molecule has 118 valence electrons. The van der Waals surface area contributed by atoms with E-state index < -0.39 is 0 Å². The molecule has 1 atom stereocenters. The van der Waals surface area contributed by atoms with Crippen LogP contribution in [0.15, 0.2) is 17.5 Å². The fraction of sp³-hybridized carbons (Fsp3) is 0.412. The minimum Gasteiger partial charge on any atom is -0.354 e. The monoisotopic (exact) mass is 318 g/mol. The number of thiophene rings is 1. The molecule has 0 spiro atoms. The van der Waals surface area contributed by atoms with E-state index in [9.17, 15) is 9.59 Å². The van der Waals surface area contributed by atoms with Crippen LogP contribution in [-0.2, 0) is 0 Å². The van der Waals surface area contributed by atoms with Crippen molar-refractivity contribution in [1.29, 1.82) is 0 Å². The molecule has 22 heavy (non-hydrogen) atoms. The van der Waals surface area contributed by atoms with E-state index in [1.54, 1.807) is 11.3 Å². The van der Waals surface area contributed by atoms with E-state index in [2.05, 4.69) is 24.1 Å². The van der Waals surface area contributed by atoms with Crippen molar-refractivity contribution in [2.75, 3.05) is 0 Å². The van der Waals surface area contributed by atoms with Gasteiger partial charge in [0.05, 0.1) is 6.04 Å². The number of aromatic amines is 1. The molecule has 0 aliphatic rings. The van der Waals surface area contributed by atoms with Crippen LogP contribution >= 0.6 is 11.3 Å². The van der Waals surface area contributed by atoms with Gasteiger partial charge in [-0.05, 0) is 43.7 Å². The lowest BCUT2D eigenvalue weighted by Crippen LogP contribution is -2.31. The Morgan fingerprint density at radius 3 is 2.41 bits per heavy atom. The van der Waals surface area contributed by atoms with Crippen LogP contribution in [0.25, 0.3) is 0 Å². The first-order valence-corrected chi connectivity index (χ1v) is 8.25. The van der Waals surface area contributed by atoms with E-state index in [1.165, 1.54) is 6.92 Å². The van der Waals surface area contributed by atoms with Gasteiger partial charge in [0.2, 0.25) is 0 Å². The summed E-state index contributed by atoms with van der Waals surface area (Å²) in [6.45, 7) is 9.31. The highest BCUT2D eigenvalue weighted by Crippen LogP contribution is 2.27. The van der Waals surface area contributed by atoms with Gasteiger partial charge in [-0.2, -0.15) is 0 Å². The Morgan fingerprint density at radius 1 is 1.27 bits per heavy atom. The van der Waals surface area contributed by atoms with Gasteiger partial charge in [0, 0.05) is 16.1 Å². The van der Waals surface area contributed by atoms with Gasteiger partial charge in [-0.25, -0.2) is 0 Å². The average molecular weight is 318 g/mol. The summed E-state index contributed by atoms with van der Waals surface area (Å²) in [4.78, 5) is 28.5. The van der Waals surface area contributed by atoms with E-state index in [4.69, 9.17) is 0 Å². The number of H-pyrrole nitrogens is 1. The largest absolute Gasteiger partial charge is 0.354 e. The molecule has 0 aliphatic heterocycles. The van der Waals surface area contributed by atoms with Crippen molar-refractivity contribution in [2.24, 2.45) is 5.92 Å². The highest BCUT2D eigenvalue weighted by molar-refractivity contribution is 7.10. The van der Waals surface area contributed by atoms with Crippen LogP contribution in [0.5, 0.6) is 0 Å². The molecule has 0 aliphatic carbocycles. The number of carbonyl (C=O) groups is 2. The Morgan fingerprint density at radius 2 is 1.95 bits per heavy atom. The second-order valence-electron chi connectivity index (χ2n) is 5.89. The lowest BCUT2D eigenvalue weighted by Gasteiger charge is -2.21. The number of amides is 1. The highest BCUT2D eigenvalue weighted by Gasteiger charge is 2.24. The number of Topliss-reactive ketones (excluding diaryl/α,β-unsaturated/α-hetero) is 1. The third-order valence-electron chi connectivity index (χ3n) is 3.82. The zero-order valence-electron chi connectivity index (χ0n) is 13.6. The number of rotatable bonds is 5. The zero-order chi connectivity index (χ0) is 16.4. The summed E-state index contributed by atoms with van der Waals surface area (Å²) in [7, 11) is 0. The van der Waals surface area contributed by atoms with Crippen molar-refractivity contribution in [3.63, 3.8) is 0 Å². The van der Waals surface area contributed by atoms with Crippen molar-refractivity contribution in [3.8, 4) is 0 Å². The number of aryl methyl sites for hydroxylation is 1. The van der Waals surface area contributed by atoms with Crippen molar-refractivity contribution in [1.82, 2.24) is 10.3 Å². The summed E-state index contributed by atoms with van der Waals surface area (Å²) in [5, 5.41) is 5.09. The standard InChI is InChI=1S/C17H22N2O2S/c1-9(2)15(13-7-6-8-22-13)19-17(21)16-10(3)14(12(5)20)11(4)18-16/h6-9,15,18H,1-5H3,(H,19,21). The van der Waals surface area contributed by atoms with Crippen molar-refractivity contribution >= 4 is 23.0 Å². The van der Waals surface area contributed by atoms with Crippen LogP contribution < -0.4 is 5.32 Å². The molecule has 0 radical (unpaired) electrons. The molecule has 2 N–H and O–H groups in total. The molecular formula is C17H22N2O2S. The Labute approximate surface area is 134 Å². The first-order valence-electron chi connectivity index (χ1n) is 7.37. The summed E-state index contributed by atoms with van der Waals surface area (Å²) < 4.78 is 0. The molecule has 4 nitrogen and oxygen atoms in total. The quantitative estimate of drug-likeness (QED) is 0.818. The molecule has 2 heterocycles. The summed E-state index contributed by atoms with van der Waals surface area (Å²) >= 11 is 1.63. The zero-order valence-corrected chi connectivity index (χ0v) is 14.4. The van der Waals surface area contributed by atoms with Gasteiger partial charge in [0.15, 0.2) is 5.78 Å².